The van der Waals surface area contributed by atoms with Crippen LogP contribution in [-0.4, -0.2) is 22.9 Å². The van der Waals surface area contributed by atoms with Crippen LogP contribution in [0, 0.1) is 0 Å². The van der Waals surface area contributed by atoms with Crippen molar-refractivity contribution in [2.45, 2.75) is 12.5 Å². The summed E-state index contributed by atoms with van der Waals surface area (Å²) in [5.41, 5.74) is 6.47. The van der Waals surface area contributed by atoms with Gasteiger partial charge in [-0.15, -0.1) is 11.8 Å². The number of carboxylic acids is 1. The van der Waals surface area contributed by atoms with Crippen molar-refractivity contribution in [3.05, 3.63) is 9.90 Å². The van der Waals surface area contributed by atoms with Gasteiger partial charge in [0.1, 0.15) is 6.04 Å². The molecule has 0 spiro atoms. The van der Waals surface area contributed by atoms with Crippen LogP contribution in [-0.2, 0) is 4.79 Å². The zero-order valence-corrected chi connectivity index (χ0v) is 8.49. The van der Waals surface area contributed by atoms with Crippen molar-refractivity contribution in [1.82, 2.24) is 0 Å². The maximum absolute atomic E-state index is 10.2. The molecule has 0 aliphatic carbocycles. The van der Waals surface area contributed by atoms with Crippen LogP contribution in [0.2, 0.25) is 0 Å². The molecule has 70 valence electrons. The smallest absolute Gasteiger partial charge is 0.320 e. The summed E-state index contributed by atoms with van der Waals surface area (Å²) < 4.78 is 0.439. The third-order valence-electron chi connectivity index (χ3n) is 1.07. The minimum Gasteiger partial charge on any atom is -0.480 e. The average Bonchev–Trinajstić information content (AvgIpc) is 2.03. The molecule has 6 heteroatoms. The van der Waals surface area contributed by atoms with Crippen molar-refractivity contribution < 1.29 is 9.90 Å². The predicted octanol–water partition coefficient (Wildman–Crippen LogP) is 1.80. The summed E-state index contributed by atoms with van der Waals surface area (Å²) in [6.07, 6.45) is 0.376. The number of thioether (sulfide) groups is 1. The molecule has 0 saturated heterocycles. The summed E-state index contributed by atoms with van der Waals surface area (Å²) in [7, 11) is 0. The van der Waals surface area contributed by atoms with Gasteiger partial charge in [-0.1, -0.05) is 23.2 Å². The number of aliphatic carboxylic acids is 1. The van der Waals surface area contributed by atoms with Crippen LogP contribution in [0.3, 0.4) is 0 Å². The number of rotatable bonds is 5. The van der Waals surface area contributed by atoms with Crippen LogP contribution in [0.15, 0.2) is 9.90 Å². The third kappa shape index (κ3) is 5.71. The van der Waals surface area contributed by atoms with Crippen LogP contribution in [0.4, 0.5) is 0 Å². The molecule has 0 radical (unpaired) electrons. The summed E-state index contributed by atoms with van der Waals surface area (Å²) >= 11 is 12.1. The van der Waals surface area contributed by atoms with Gasteiger partial charge in [0.15, 0.2) is 0 Å². The third-order valence-corrected chi connectivity index (χ3v) is 2.80. The highest BCUT2D eigenvalue weighted by atomic mass is 35.5. The second kappa shape index (κ2) is 6.60. The molecule has 3 nitrogen and oxygen atoms in total. The fourth-order valence-electron chi connectivity index (χ4n) is 0.438. The van der Waals surface area contributed by atoms with Crippen molar-refractivity contribution in [3.8, 4) is 0 Å². The Labute approximate surface area is 84.9 Å². The van der Waals surface area contributed by atoms with E-state index < -0.39 is 12.0 Å². The van der Waals surface area contributed by atoms with E-state index in [1.807, 2.05) is 0 Å². The fourth-order valence-corrected chi connectivity index (χ4v) is 1.49. The van der Waals surface area contributed by atoms with Crippen LogP contribution in [0.5, 0.6) is 0 Å². The van der Waals surface area contributed by atoms with Crippen molar-refractivity contribution in [2.24, 2.45) is 5.73 Å². The molecule has 0 saturated carbocycles. The molecule has 0 heterocycles. The lowest BCUT2D eigenvalue weighted by molar-refractivity contribution is -0.138. The molecule has 0 aromatic rings. The number of hydrogen-bond acceptors (Lipinski definition) is 3. The summed E-state index contributed by atoms with van der Waals surface area (Å²) in [5, 5.41) is 8.40. The second-order valence-electron chi connectivity index (χ2n) is 2.00. The number of carboxylic acid groups (broad SMARTS) is 1. The molecule has 12 heavy (non-hydrogen) atoms. The molecule has 0 aromatic carbocycles. The van der Waals surface area contributed by atoms with Crippen molar-refractivity contribution in [3.63, 3.8) is 0 Å². The molecule has 3 N–H and O–H groups in total. The van der Waals surface area contributed by atoms with Gasteiger partial charge in [-0.3, -0.25) is 4.79 Å². The Bertz CT molecular complexity index is 186. The normalized spacial score (nSPS) is 14.4. The average molecular weight is 230 g/mol. The van der Waals surface area contributed by atoms with Crippen LogP contribution in [0.1, 0.15) is 6.42 Å². The van der Waals surface area contributed by atoms with Gasteiger partial charge in [0.2, 0.25) is 0 Å². The second-order valence-corrected chi connectivity index (χ2v) is 3.98. The molecule has 0 fully saturated rings. The first-order valence-corrected chi connectivity index (χ1v) is 4.95. The molecule has 0 rings (SSSR count). The highest BCUT2D eigenvalue weighted by Crippen LogP contribution is 2.21. The SMILES string of the molecule is N[C@H](CCSC(Cl)=CCl)C(=O)O. The highest BCUT2D eigenvalue weighted by Gasteiger charge is 2.10. The summed E-state index contributed by atoms with van der Waals surface area (Å²) in [6.45, 7) is 0. The first-order chi connectivity index (χ1) is 5.57. The van der Waals surface area contributed by atoms with Crippen molar-refractivity contribution in [1.29, 1.82) is 0 Å². The lowest BCUT2D eigenvalue weighted by atomic mass is 10.2. The van der Waals surface area contributed by atoms with E-state index >= 15 is 0 Å². The molecule has 0 unspecified atom stereocenters. The van der Waals surface area contributed by atoms with Gasteiger partial charge in [-0.25, -0.2) is 0 Å². The van der Waals surface area contributed by atoms with Gasteiger partial charge >= 0.3 is 5.97 Å². The number of halogens is 2. The van der Waals surface area contributed by atoms with E-state index in [-0.39, 0.29) is 0 Å². The van der Waals surface area contributed by atoms with Gasteiger partial charge in [-0.2, -0.15) is 0 Å². The quantitative estimate of drug-likeness (QED) is 0.755. The Morgan fingerprint density at radius 1 is 1.75 bits per heavy atom. The maximum Gasteiger partial charge on any atom is 0.320 e. The van der Waals surface area contributed by atoms with E-state index in [9.17, 15) is 4.79 Å². The lowest BCUT2D eigenvalue weighted by Gasteiger charge is -2.04. The molecule has 0 amide bonds. The fraction of sp³-hybridized carbons (Fsp3) is 0.500. The van der Waals surface area contributed by atoms with E-state index in [1.54, 1.807) is 0 Å². The van der Waals surface area contributed by atoms with Crippen molar-refractivity contribution >= 4 is 40.9 Å². The molecule has 0 aliphatic heterocycles. The summed E-state index contributed by atoms with van der Waals surface area (Å²) in [4.78, 5) is 10.2. The number of carbonyl (C=O) groups is 1. The number of hydrogen-bond donors (Lipinski definition) is 2. The summed E-state index contributed by atoms with van der Waals surface area (Å²) in [5.74, 6) is -0.447. The molecular weight excluding hydrogens is 221 g/mol. The molecule has 0 aliphatic rings. The monoisotopic (exact) mass is 229 g/mol. The maximum atomic E-state index is 10.2. The zero-order valence-electron chi connectivity index (χ0n) is 6.17. The van der Waals surface area contributed by atoms with Gasteiger partial charge in [0, 0.05) is 11.3 Å². The lowest BCUT2D eigenvalue weighted by Crippen LogP contribution is -2.30. The molecular formula is C6H9Cl2NO2S. The van der Waals surface area contributed by atoms with Crippen molar-refractivity contribution in [2.75, 3.05) is 5.75 Å². The molecule has 0 bridgehead atoms. The Hall–Kier alpha value is 0.1000. The van der Waals surface area contributed by atoms with Crippen LogP contribution < -0.4 is 5.73 Å². The molecule has 1 atom stereocenters. The van der Waals surface area contributed by atoms with E-state index in [2.05, 4.69) is 0 Å². The Morgan fingerprint density at radius 3 is 2.75 bits per heavy atom. The molecule has 0 aromatic heterocycles. The number of nitrogens with two attached hydrogens (primary N) is 1. The minimum absolute atomic E-state index is 0.376. The predicted molar refractivity (Wildman–Crippen MR) is 52.5 cm³/mol. The first-order valence-electron chi connectivity index (χ1n) is 3.15. The Kier molecular flexibility index (Phi) is 6.65. The topological polar surface area (TPSA) is 63.3 Å². The summed E-state index contributed by atoms with van der Waals surface area (Å²) in [6, 6.07) is -0.822. The highest BCUT2D eigenvalue weighted by molar-refractivity contribution is 8.04. The Morgan fingerprint density at radius 2 is 2.33 bits per heavy atom. The van der Waals surface area contributed by atoms with Gasteiger partial charge < -0.3 is 10.8 Å². The van der Waals surface area contributed by atoms with E-state index in [0.717, 1.165) is 0 Å². The van der Waals surface area contributed by atoms with Gasteiger partial charge in [-0.05, 0) is 6.42 Å². The van der Waals surface area contributed by atoms with E-state index in [4.69, 9.17) is 34.0 Å². The van der Waals surface area contributed by atoms with Crippen LogP contribution >= 0.6 is 35.0 Å². The van der Waals surface area contributed by atoms with E-state index in [0.29, 0.717) is 16.5 Å². The standard InChI is InChI=1S/C6H9Cl2NO2S/c7-3-5(8)12-2-1-4(9)6(10)11/h3-4H,1-2,9H2,(H,10,11)/t4-/m1/s1. The van der Waals surface area contributed by atoms with Crippen LogP contribution in [0.25, 0.3) is 0 Å². The Balaban J connectivity index is 3.50. The minimum atomic E-state index is -0.999. The first kappa shape index (κ1) is 12.1. The van der Waals surface area contributed by atoms with Gasteiger partial charge in [0.25, 0.3) is 0 Å². The largest absolute Gasteiger partial charge is 0.480 e. The van der Waals surface area contributed by atoms with Gasteiger partial charge in [0.05, 0.1) is 4.36 Å². The zero-order chi connectivity index (χ0) is 9.56. The van der Waals surface area contributed by atoms with E-state index in [1.165, 1.54) is 17.3 Å².